The number of aryl methyl sites for hydroxylation is 1. The summed E-state index contributed by atoms with van der Waals surface area (Å²) in [6, 6.07) is 5.89. The van der Waals surface area contributed by atoms with Crippen molar-refractivity contribution >= 4 is 17.0 Å². The first-order chi connectivity index (χ1) is 9.03. The quantitative estimate of drug-likeness (QED) is 0.883. The summed E-state index contributed by atoms with van der Waals surface area (Å²) in [5.41, 5.74) is 2.43. The maximum absolute atomic E-state index is 11.3. The van der Waals surface area contributed by atoms with Gasteiger partial charge in [0.1, 0.15) is 5.82 Å². The monoisotopic (exact) mass is 260 g/mol. The summed E-state index contributed by atoms with van der Waals surface area (Å²) in [7, 11) is 0. The second-order valence-corrected chi connectivity index (χ2v) is 5.26. The second kappa shape index (κ2) is 4.06. The van der Waals surface area contributed by atoms with E-state index >= 15 is 0 Å². The molecule has 0 radical (unpaired) electrons. The number of H-pyrrole nitrogens is 1. The van der Waals surface area contributed by atoms with Crippen molar-refractivity contribution in [1.82, 2.24) is 9.97 Å². The summed E-state index contributed by atoms with van der Waals surface area (Å²) in [5, 5.41) is 9.29. The molecule has 1 fully saturated rings. The van der Waals surface area contributed by atoms with Gasteiger partial charge in [0, 0.05) is 0 Å². The number of imidazole rings is 1. The first-order valence-corrected chi connectivity index (χ1v) is 6.30. The molecule has 5 heteroatoms. The van der Waals surface area contributed by atoms with Crippen LogP contribution in [-0.4, -0.2) is 34.3 Å². The standard InChI is InChI=1S/C14H16N2O3/c1-8(13(17)18)14(6-19-7-14)10-3-4-11-12(5-10)16-9(2)15-11/h3-5,8H,6-7H2,1-2H3,(H,15,16)(H,17,18). The van der Waals surface area contributed by atoms with Crippen LogP contribution in [0.3, 0.4) is 0 Å². The molecule has 0 spiro atoms. The Morgan fingerprint density at radius 2 is 2.26 bits per heavy atom. The van der Waals surface area contributed by atoms with Crippen LogP contribution in [0.2, 0.25) is 0 Å². The van der Waals surface area contributed by atoms with Crippen LogP contribution in [0.5, 0.6) is 0 Å². The van der Waals surface area contributed by atoms with Crippen LogP contribution in [0.25, 0.3) is 11.0 Å². The molecule has 0 aliphatic carbocycles. The van der Waals surface area contributed by atoms with Gasteiger partial charge < -0.3 is 14.8 Å². The Hall–Kier alpha value is -1.88. The van der Waals surface area contributed by atoms with Crippen molar-refractivity contribution in [3.8, 4) is 0 Å². The van der Waals surface area contributed by atoms with Gasteiger partial charge in [0.2, 0.25) is 0 Å². The largest absolute Gasteiger partial charge is 0.481 e. The van der Waals surface area contributed by atoms with Crippen LogP contribution >= 0.6 is 0 Å². The summed E-state index contributed by atoms with van der Waals surface area (Å²) in [6.07, 6.45) is 0. The Balaban J connectivity index is 2.08. The molecule has 1 saturated heterocycles. The van der Waals surface area contributed by atoms with E-state index in [1.807, 2.05) is 25.1 Å². The molecule has 19 heavy (non-hydrogen) atoms. The fourth-order valence-electron chi connectivity index (χ4n) is 2.67. The van der Waals surface area contributed by atoms with E-state index in [2.05, 4.69) is 9.97 Å². The predicted molar refractivity (Wildman–Crippen MR) is 70.1 cm³/mol. The lowest BCUT2D eigenvalue weighted by atomic mass is 9.69. The molecule has 2 N–H and O–H groups in total. The van der Waals surface area contributed by atoms with Gasteiger partial charge in [-0.3, -0.25) is 4.79 Å². The van der Waals surface area contributed by atoms with Crippen molar-refractivity contribution in [2.24, 2.45) is 5.92 Å². The van der Waals surface area contributed by atoms with Crippen molar-refractivity contribution in [2.45, 2.75) is 19.3 Å². The third-order valence-corrected chi connectivity index (χ3v) is 4.09. The van der Waals surface area contributed by atoms with Crippen molar-refractivity contribution in [3.63, 3.8) is 0 Å². The van der Waals surface area contributed by atoms with Crippen LogP contribution in [0.1, 0.15) is 18.3 Å². The third kappa shape index (κ3) is 1.73. The summed E-state index contributed by atoms with van der Waals surface area (Å²) in [6.45, 7) is 4.56. The van der Waals surface area contributed by atoms with Crippen molar-refractivity contribution < 1.29 is 14.6 Å². The number of ether oxygens (including phenoxy) is 1. The average molecular weight is 260 g/mol. The smallest absolute Gasteiger partial charge is 0.307 e. The van der Waals surface area contributed by atoms with E-state index in [9.17, 15) is 9.90 Å². The third-order valence-electron chi connectivity index (χ3n) is 4.09. The summed E-state index contributed by atoms with van der Waals surface area (Å²) in [5.74, 6) is -0.399. The molecule has 1 aliphatic heterocycles. The van der Waals surface area contributed by atoms with E-state index in [1.54, 1.807) is 6.92 Å². The predicted octanol–water partition coefficient (Wildman–Crippen LogP) is 1.86. The highest BCUT2D eigenvalue weighted by atomic mass is 16.5. The molecule has 0 amide bonds. The Morgan fingerprint density at radius 3 is 2.84 bits per heavy atom. The average Bonchev–Trinajstić information content (AvgIpc) is 2.66. The topological polar surface area (TPSA) is 75.2 Å². The number of hydrogen-bond acceptors (Lipinski definition) is 3. The SMILES string of the molecule is Cc1nc2ccc(C3(C(C)C(=O)O)COC3)cc2[nH]1. The Bertz CT molecular complexity index is 643. The maximum Gasteiger partial charge on any atom is 0.307 e. The lowest BCUT2D eigenvalue weighted by molar-refractivity contribution is -0.155. The normalized spacial score (nSPS) is 19.1. The van der Waals surface area contributed by atoms with Gasteiger partial charge in [0.25, 0.3) is 0 Å². The molecule has 1 unspecified atom stereocenters. The Morgan fingerprint density at radius 1 is 1.53 bits per heavy atom. The van der Waals surface area contributed by atoms with E-state index in [4.69, 9.17) is 4.74 Å². The molecule has 0 saturated carbocycles. The number of fused-ring (bicyclic) bond motifs is 1. The number of rotatable bonds is 3. The highest BCUT2D eigenvalue weighted by Gasteiger charge is 2.48. The molecule has 2 heterocycles. The highest BCUT2D eigenvalue weighted by molar-refractivity contribution is 5.78. The number of aromatic amines is 1. The summed E-state index contributed by atoms with van der Waals surface area (Å²) >= 11 is 0. The number of benzene rings is 1. The van der Waals surface area contributed by atoms with Crippen LogP contribution in [0.4, 0.5) is 0 Å². The van der Waals surface area contributed by atoms with Crippen LogP contribution < -0.4 is 0 Å². The van der Waals surface area contributed by atoms with Crippen molar-refractivity contribution in [3.05, 3.63) is 29.6 Å². The minimum absolute atomic E-state index is 0.418. The van der Waals surface area contributed by atoms with E-state index in [1.165, 1.54) is 0 Å². The minimum Gasteiger partial charge on any atom is -0.481 e. The lowest BCUT2D eigenvalue weighted by Gasteiger charge is -2.44. The zero-order chi connectivity index (χ0) is 13.6. The maximum atomic E-state index is 11.3. The molecule has 3 rings (SSSR count). The molecule has 2 aromatic rings. The van der Waals surface area contributed by atoms with Crippen molar-refractivity contribution in [1.29, 1.82) is 0 Å². The number of carboxylic acids is 1. The van der Waals surface area contributed by atoms with Crippen LogP contribution in [0, 0.1) is 12.8 Å². The van der Waals surface area contributed by atoms with Gasteiger partial charge in [-0.05, 0) is 24.6 Å². The first kappa shape index (κ1) is 12.2. The van der Waals surface area contributed by atoms with E-state index in [-0.39, 0.29) is 0 Å². The Labute approximate surface area is 110 Å². The minimum atomic E-state index is -0.788. The molecule has 5 nitrogen and oxygen atoms in total. The number of nitrogens with zero attached hydrogens (tertiary/aromatic N) is 1. The van der Waals surface area contributed by atoms with Gasteiger partial charge >= 0.3 is 5.97 Å². The fraction of sp³-hybridized carbons (Fsp3) is 0.429. The summed E-state index contributed by atoms with van der Waals surface area (Å²) < 4.78 is 5.29. The van der Waals surface area contributed by atoms with Crippen LogP contribution in [-0.2, 0) is 14.9 Å². The number of carboxylic acid groups (broad SMARTS) is 1. The zero-order valence-electron chi connectivity index (χ0n) is 10.9. The van der Waals surface area contributed by atoms with Crippen LogP contribution in [0.15, 0.2) is 18.2 Å². The van der Waals surface area contributed by atoms with E-state index < -0.39 is 17.3 Å². The van der Waals surface area contributed by atoms with Gasteiger partial charge in [0.05, 0.1) is 35.6 Å². The molecule has 1 aromatic heterocycles. The van der Waals surface area contributed by atoms with Gasteiger partial charge in [-0.15, -0.1) is 0 Å². The highest BCUT2D eigenvalue weighted by Crippen LogP contribution is 2.40. The number of nitrogens with one attached hydrogen (secondary N) is 1. The zero-order valence-corrected chi connectivity index (χ0v) is 10.9. The molecule has 0 bridgehead atoms. The van der Waals surface area contributed by atoms with E-state index in [0.717, 1.165) is 22.4 Å². The number of aromatic nitrogens is 2. The Kier molecular flexibility index (Phi) is 2.60. The number of carbonyl (C=O) groups is 1. The van der Waals surface area contributed by atoms with Gasteiger partial charge in [-0.2, -0.15) is 0 Å². The molecule has 1 aromatic carbocycles. The number of hydrogen-bond donors (Lipinski definition) is 2. The van der Waals surface area contributed by atoms with Crippen molar-refractivity contribution in [2.75, 3.05) is 13.2 Å². The molecule has 1 aliphatic rings. The molecular weight excluding hydrogens is 244 g/mol. The summed E-state index contributed by atoms with van der Waals surface area (Å²) in [4.78, 5) is 18.8. The number of aliphatic carboxylic acids is 1. The fourth-order valence-corrected chi connectivity index (χ4v) is 2.67. The van der Waals surface area contributed by atoms with Gasteiger partial charge in [0.15, 0.2) is 0 Å². The second-order valence-electron chi connectivity index (χ2n) is 5.26. The lowest BCUT2D eigenvalue weighted by Crippen LogP contribution is -2.53. The molecule has 1 atom stereocenters. The molecular formula is C14H16N2O3. The van der Waals surface area contributed by atoms with Gasteiger partial charge in [-0.1, -0.05) is 13.0 Å². The van der Waals surface area contributed by atoms with Gasteiger partial charge in [-0.25, -0.2) is 4.98 Å². The first-order valence-electron chi connectivity index (χ1n) is 6.30. The van der Waals surface area contributed by atoms with E-state index in [0.29, 0.717) is 13.2 Å². The molecule has 100 valence electrons.